The molecule has 2 aromatic rings. The number of nitrogens with one attached hydrogen (secondary N) is 2. The van der Waals surface area contributed by atoms with Crippen molar-refractivity contribution in [2.45, 2.75) is 37.6 Å². The number of anilines is 1. The second-order valence-corrected chi connectivity index (χ2v) is 9.59. The molecule has 2 N–H and O–H groups in total. The Bertz CT molecular complexity index is 1090. The van der Waals surface area contributed by atoms with Crippen LogP contribution in [-0.2, 0) is 14.8 Å². The lowest BCUT2D eigenvalue weighted by molar-refractivity contribution is -0.114. The van der Waals surface area contributed by atoms with Crippen LogP contribution >= 0.6 is 0 Å². The summed E-state index contributed by atoms with van der Waals surface area (Å²) < 4.78 is 38.1. The van der Waals surface area contributed by atoms with Crippen LogP contribution in [0.3, 0.4) is 0 Å². The van der Waals surface area contributed by atoms with E-state index >= 15 is 0 Å². The average Bonchev–Trinajstić information content (AvgIpc) is 2.79. The second-order valence-electron chi connectivity index (χ2n) is 7.66. The molecule has 2 amide bonds. The van der Waals surface area contributed by atoms with Crippen LogP contribution in [0.1, 0.15) is 37.0 Å². The SMILES string of the molecule is CCOc1cc(C(=O)NC2CCN(S(=O)(=O)c3ccc(NC(C)=O)cc3)CC2)ccc1OC. The lowest BCUT2D eigenvalue weighted by Gasteiger charge is -2.31. The van der Waals surface area contributed by atoms with Crippen LogP contribution in [0.25, 0.3) is 0 Å². The first-order chi connectivity index (χ1) is 15.7. The normalized spacial score (nSPS) is 15.0. The van der Waals surface area contributed by atoms with E-state index in [0.29, 0.717) is 55.3 Å². The highest BCUT2D eigenvalue weighted by atomic mass is 32.2. The van der Waals surface area contributed by atoms with E-state index in [1.54, 1.807) is 30.3 Å². The third-order valence-electron chi connectivity index (χ3n) is 5.33. The number of rotatable bonds is 8. The molecule has 1 saturated heterocycles. The minimum Gasteiger partial charge on any atom is -0.493 e. The fourth-order valence-electron chi connectivity index (χ4n) is 3.66. The second kappa shape index (κ2) is 10.7. The van der Waals surface area contributed by atoms with E-state index in [-0.39, 0.29) is 22.8 Å². The zero-order chi connectivity index (χ0) is 24.0. The average molecular weight is 476 g/mol. The number of piperidine rings is 1. The smallest absolute Gasteiger partial charge is 0.251 e. The molecule has 0 radical (unpaired) electrons. The van der Waals surface area contributed by atoms with Crippen molar-refractivity contribution >= 4 is 27.5 Å². The maximum atomic E-state index is 13.0. The number of carbonyl (C=O) groups is 2. The van der Waals surface area contributed by atoms with Gasteiger partial charge in [0.1, 0.15) is 0 Å². The lowest BCUT2D eigenvalue weighted by atomic mass is 10.1. The number of benzene rings is 2. The molecule has 10 heteroatoms. The Morgan fingerprint density at radius 1 is 1.06 bits per heavy atom. The molecule has 9 nitrogen and oxygen atoms in total. The monoisotopic (exact) mass is 475 g/mol. The Balaban J connectivity index is 1.59. The number of hydrogen-bond donors (Lipinski definition) is 2. The Kier molecular flexibility index (Phi) is 7.93. The molecule has 0 spiro atoms. The highest BCUT2D eigenvalue weighted by molar-refractivity contribution is 7.89. The summed E-state index contributed by atoms with van der Waals surface area (Å²) in [5.74, 6) is 0.585. The van der Waals surface area contributed by atoms with E-state index in [9.17, 15) is 18.0 Å². The minimum absolute atomic E-state index is 0.135. The summed E-state index contributed by atoms with van der Waals surface area (Å²) in [6.45, 7) is 4.29. The predicted molar refractivity (Wildman–Crippen MR) is 124 cm³/mol. The summed E-state index contributed by atoms with van der Waals surface area (Å²) >= 11 is 0. The van der Waals surface area contributed by atoms with Gasteiger partial charge in [-0.1, -0.05) is 0 Å². The van der Waals surface area contributed by atoms with Crippen molar-refractivity contribution in [3.63, 3.8) is 0 Å². The van der Waals surface area contributed by atoms with Gasteiger partial charge in [0.15, 0.2) is 11.5 Å². The van der Waals surface area contributed by atoms with Gasteiger partial charge >= 0.3 is 0 Å². The molecular weight excluding hydrogens is 446 g/mol. The third kappa shape index (κ3) is 6.02. The first-order valence-corrected chi connectivity index (χ1v) is 12.2. The van der Waals surface area contributed by atoms with Crippen LogP contribution in [0.2, 0.25) is 0 Å². The summed E-state index contributed by atoms with van der Waals surface area (Å²) in [4.78, 5) is 24.0. The Hall–Kier alpha value is -3.11. The van der Waals surface area contributed by atoms with Crippen molar-refractivity contribution in [3.8, 4) is 11.5 Å². The molecule has 2 aromatic carbocycles. The Morgan fingerprint density at radius 2 is 1.73 bits per heavy atom. The molecule has 1 aliphatic heterocycles. The summed E-state index contributed by atoms with van der Waals surface area (Å²) in [6.07, 6.45) is 1.01. The number of carbonyl (C=O) groups excluding carboxylic acids is 2. The van der Waals surface area contributed by atoms with Gasteiger partial charge < -0.3 is 20.1 Å². The van der Waals surface area contributed by atoms with Crippen molar-refractivity contribution in [1.82, 2.24) is 9.62 Å². The maximum absolute atomic E-state index is 13.0. The third-order valence-corrected chi connectivity index (χ3v) is 7.24. The molecule has 0 aromatic heterocycles. The van der Waals surface area contributed by atoms with Gasteiger partial charge in [-0.05, 0) is 62.2 Å². The molecule has 0 bridgehead atoms. The summed E-state index contributed by atoms with van der Waals surface area (Å²) in [5.41, 5.74) is 0.988. The van der Waals surface area contributed by atoms with Crippen molar-refractivity contribution < 1.29 is 27.5 Å². The van der Waals surface area contributed by atoms with E-state index in [2.05, 4.69) is 10.6 Å². The zero-order valence-corrected chi connectivity index (χ0v) is 19.8. The molecule has 1 fully saturated rings. The van der Waals surface area contributed by atoms with Gasteiger partial charge in [-0.25, -0.2) is 8.42 Å². The zero-order valence-electron chi connectivity index (χ0n) is 19.0. The van der Waals surface area contributed by atoms with Gasteiger partial charge in [0.05, 0.1) is 18.6 Å². The molecule has 1 aliphatic rings. The Labute approximate surface area is 194 Å². The maximum Gasteiger partial charge on any atom is 0.251 e. The molecule has 0 atom stereocenters. The quantitative estimate of drug-likeness (QED) is 0.607. The fourth-order valence-corrected chi connectivity index (χ4v) is 5.13. The van der Waals surface area contributed by atoms with Crippen LogP contribution < -0.4 is 20.1 Å². The van der Waals surface area contributed by atoms with Crippen LogP contribution in [0.4, 0.5) is 5.69 Å². The molecule has 33 heavy (non-hydrogen) atoms. The minimum atomic E-state index is -3.65. The molecular formula is C23H29N3O6S. The molecule has 0 aliphatic carbocycles. The Morgan fingerprint density at radius 3 is 2.30 bits per heavy atom. The van der Waals surface area contributed by atoms with Crippen LogP contribution in [0.5, 0.6) is 11.5 Å². The number of amides is 2. The van der Waals surface area contributed by atoms with E-state index in [4.69, 9.17) is 9.47 Å². The molecule has 1 heterocycles. The number of sulfonamides is 1. The summed E-state index contributed by atoms with van der Waals surface area (Å²) in [5, 5.41) is 5.60. The fraction of sp³-hybridized carbons (Fsp3) is 0.391. The first kappa shape index (κ1) is 24.5. The van der Waals surface area contributed by atoms with Gasteiger partial charge in [-0.3, -0.25) is 9.59 Å². The molecule has 0 unspecified atom stereocenters. The number of methoxy groups -OCH3 is 1. The van der Waals surface area contributed by atoms with E-state index in [0.717, 1.165) is 0 Å². The van der Waals surface area contributed by atoms with Gasteiger partial charge in [0.2, 0.25) is 15.9 Å². The van der Waals surface area contributed by atoms with E-state index in [1.165, 1.54) is 30.5 Å². The number of ether oxygens (including phenoxy) is 2. The molecule has 0 saturated carbocycles. The first-order valence-electron chi connectivity index (χ1n) is 10.7. The van der Waals surface area contributed by atoms with Crippen molar-refractivity contribution in [2.75, 3.05) is 32.1 Å². The number of nitrogens with zero attached hydrogens (tertiary/aromatic N) is 1. The van der Waals surface area contributed by atoms with E-state index in [1.807, 2.05) is 6.92 Å². The van der Waals surface area contributed by atoms with Crippen molar-refractivity contribution in [2.24, 2.45) is 0 Å². The van der Waals surface area contributed by atoms with Crippen LogP contribution in [0.15, 0.2) is 47.4 Å². The molecule has 178 valence electrons. The van der Waals surface area contributed by atoms with Crippen molar-refractivity contribution in [3.05, 3.63) is 48.0 Å². The van der Waals surface area contributed by atoms with E-state index < -0.39 is 10.0 Å². The lowest BCUT2D eigenvalue weighted by Crippen LogP contribution is -2.46. The number of hydrogen-bond acceptors (Lipinski definition) is 6. The topological polar surface area (TPSA) is 114 Å². The van der Waals surface area contributed by atoms with Gasteiger partial charge in [0.25, 0.3) is 5.91 Å². The highest BCUT2D eigenvalue weighted by Crippen LogP contribution is 2.28. The van der Waals surface area contributed by atoms with Crippen LogP contribution in [-0.4, -0.2) is 57.4 Å². The highest BCUT2D eigenvalue weighted by Gasteiger charge is 2.30. The van der Waals surface area contributed by atoms with Gasteiger partial charge in [-0.15, -0.1) is 0 Å². The molecule has 3 rings (SSSR count). The largest absolute Gasteiger partial charge is 0.493 e. The van der Waals surface area contributed by atoms with Crippen LogP contribution in [0, 0.1) is 0 Å². The summed E-state index contributed by atoms with van der Waals surface area (Å²) in [6, 6.07) is 10.9. The van der Waals surface area contributed by atoms with Gasteiger partial charge in [0, 0.05) is 37.3 Å². The van der Waals surface area contributed by atoms with Gasteiger partial charge in [-0.2, -0.15) is 4.31 Å². The van der Waals surface area contributed by atoms with Crippen molar-refractivity contribution in [1.29, 1.82) is 0 Å². The summed E-state index contributed by atoms with van der Waals surface area (Å²) in [7, 11) is -2.11. The predicted octanol–water partition coefficient (Wildman–Crippen LogP) is 2.64. The standard InChI is InChI=1S/C23H29N3O6S/c1-4-32-22-15-17(5-10-21(22)31-3)23(28)25-19-11-13-26(14-12-19)33(29,30)20-8-6-18(7-9-20)24-16(2)27/h5-10,15,19H,4,11-14H2,1-3H3,(H,24,27)(H,25,28).